The number of carbonyl (C=O) groups excluding carboxylic acids is 1. The molecule has 0 bridgehead atoms. The minimum Gasteiger partial charge on any atom is -0.399 e. The SMILES string of the molecule is Nc1cc(N)cc(C(=O)N2CC(O)(C3CC3)C2)c1. The molecule has 1 heterocycles. The first-order valence-electron chi connectivity index (χ1n) is 6.16. The van der Waals surface area contributed by atoms with E-state index >= 15 is 0 Å². The summed E-state index contributed by atoms with van der Waals surface area (Å²) in [5, 5.41) is 10.2. The van der Waals surface area contributed by atoms with E-state index in [1.54, 1.807) is 23.1 Å². The van der Waals surface area contributed by atoms with E-state index in [9.17, 15) is 9.90 Å². The number of anilines is 2. The molecule has 5 N–H and O–H groups in total. The fourth-order valence-corrected chi connectivity index (χ4v) is 2.62. The summed E-state index contributed by atoms with van der Waals surface area (Å²) in [4.78, 5) is 13.8. The van der Waals surface area contributed by atoms with Crippen LogP contribution in [-0.2, 0) is 0 Å². The molecule has 0 unspecified atom stereocenters. The number of amides is 1. The maximum atomic E-state index is 12.2. The van der Waals surface area contributed by atoms with Crippen LogP contribution < -0.4 is 11.5 Å². The summed E-state index contributed by atoms with van der Waals surface area (Å²) in [5.41, 5.74) is 12.1. The van der Waals surface area contributed by atoms with Crippen LogP contribution >= 0.6 is 0 Å². The van der Waals surface area contributed by atoms with Crippen molar-refractivity contribution in [1.82, 2.24) is 4.90 Å². The number of benzene rings is 1. The van der Waals surface area contributed by atoms with Gasteiger partial charge in [0.05, 0.1) is 13.1 Å². The van der Waals surface area contributed by atoms with Gasteiger partial charge in [0.25, 0.3) is 5.91 Å². The number of nitrogens with two attached hydrogens (primary N) is 2. The highest BCUT2D eigenvalue weighted by atomic mass is 16.3. The van der Waals surface area contributed by atoms with Gasteiger partial charge in [-0.2, -0.15) is 0 Å². The summed E-state index contributed by atoms with van der Waals surface area (Å²) in [5.74, 6) is 0.270. The zero-order chi connectivity index (χ0) is 12.9. The van der Waals surface area contributed by atoms with Gasteiger partial charge < -0.3 is 21.5 Å². The van der Waals surface area contributed by atoms with Crippen molar-refractivity contribution in [2.45, 2.75) is 18.4 Å². The van der Waals surface area contributed by atoms with Crippen LogP contribution in [0, 0.1) is 5.92 Å². The highest BCUT2D eigenvalue weighted by Crippen LogP contribution is 2.44. The van der Waals surface area contributed by atoms with E-state index in [-0.39, 0.29) is 5.91 Å². The lowest BCUT2D eigenvalue weighted by molar-refractivity contribution is -0.0958. The number of β-amino-alcohol motifs (C(OH)–C–C–N with tert-alkyl or cyclic N) is 1. The standard InChI is InChI=1S/C13H17N3O2/c14-10-3-8(4-11(15)5-10)12(17)16-6-13(18,7-16)9-1-2-9/h3-5,9,18H,1-2,6-7,14-15H2. The molecule has 1 aromatic rings. The lowest BCUT2D eigenvalue weighted by Crippen LogP contribution is -2.64. The Labute approximate surface area is 105 Å². The number of hydrogen-bond donors (Lipinski definition) is 3. The summed E-state index contributed by atoms with van der Waals surface area (Å²) in [6.07, 6.45) is 2.15. The van der Waals surface area contributed by atoms with Crippen molar-refractivity contribution in [3.63, 3.8) is 0 Å². The first-order valence-corrected chi connectivity index (χ1v) is 6.16. The maximum absolute atomic E-state index is 12.2. The Kier molecular flexibility index (Phi) is 2.28. The highest BCUT2D eigenvalue weighted by Gasteiger charge is 2.53. The molecule has 3 rings (SSSR count). The van der Waals surface area contributed by atoms with E-state index in [2.05, 4.69) is 0 Å². The van der Waals surface area contributed by atoms with E-state index in [1.807, 2.05) is 0 Å². The Morgan fingerprint density at radius 1 is 1.22 bits per heavy atom. The van der Waals surface area contributed by atoms with Crippen LogP contribution in [-0.4, -0.2) is 34.6 Å². The molecule has 5 nitrogen and oxygen atoms in total. The van der Waals surface area contributed by atoms with Crippen molar-refractivity contribution in [3.05, 3.63) is 23.8 Å². The van der Waals surface area contributed by atoms with Crippen molar-refractivity contribution in [2.24, 2.45) is 5.92 Å². The number of hydrogen-bond acceptors (Lipinski definition) is 4. The molecule has 18 heavy (non-hydrogen) atoms. The molecular weight excluding hydrogens is 230 g/mol. The van der Waals surface area contributed by atoms with E-state index < -0.39 is 5.60 Å². The molecule has 0 aromatic heterocycles. The molecule has 5 heteroatoms. The van der Waals surface area contributed by atoms with Gasteiger partial charge in [0.15, 0.2) is 0 Å². The molecule has 0 spiro atoms. The molecule has 0 radical (unpaired) electrons. The highest BCUT2D eigenvalue weighted by molar-refractivity contribution is 5.96. The Bertz CT molecular complexity index is 485. The second-order valence-corrected chi connectivity index (χ2v) is 5.43. The van der Waals surface area contributed by atoms with Gasteiger partial charge in [0.1, 0.15) is 5.60 Å². The largest absolute Gasteiger partial charge is 0.399 e. The predicted octanol–water partition coefficient (Wildman–Crippen LogP) is 0.448. The number of likely N-dealkylation sites (tertiary alicyclic amines) is 1. The number of aliphatic hydroxyl groups is 1. The average Bonchev–Trinajstić information content (AvgIpc) is 3.06. The van der Waals surface area contributed by atoms with Crippen molar-refractivity contribution in [3.8, 4) is 0 Å². The maximum Gasteiger partial charge on any atom is 0.254 e. The fourth-order valence-electron chi connectivity index (χ4n) is 2.62. The Morgan fingerprint density at radius 3 is 2.28 bits per heavy atom. The Morgan fingerprint density at radius 2 is 1.78 bits per heavy atom. The third-order valence-corrected chi connectivity index (χ3v) is 3.78. The number of carbonyl (C=O) groups is 1. The monoisotopic (exact) mass is 247 g/mol. The topological polar surface area (TPSA) is 92.6 Å². The zero-order valence-corrected chi connectivity index (χ0v) is 10.1. The Balaban J connectivity index is 1.72. The summed E-state index contributed by atoms with van der Waals surface area (Å²) in [6.45, 7) is 0.844. The third kappa shape index (κ3) is 1.80. The molecular formula is C13H17N3O2. The van der Waals surface area contributed by atoms with Crippen LogP contribution in [0.15, 0.2) is 18.2 Å². The fraction of sp³-hybridized carbons (Fsp3) is 0.462. The van der Waals surface area contributed by atoms with E-state index in [4.69, 9.17) is 11.5 Å². The molecule has 1 aliphatic carbocycles. The zero-order valence-electron chi connectivity index (χ0n) is 10.1. The molecule has 96 valence electrons. The van der Waals surface area contributed by atoms with E-state index in [0.29, 0.717) is 35.9 Å². The quantitative estimate of drug-likeness (QED) is 0.661. The van der Waals surface area contributed by atoms with Crippen LogP contribution in [0.3, 0.4) is 0 Å². The summed E-state index contributed by atoms with van der Waals surface area (Å²) in [7, 11) is 0. The smallest absolute Gasteiger partial charge is 0.254 e. The first-order chi connectivity index (χ1) is 8.48. The Hall–Kier alpha value is -1.75. The van der Waals surface area contributed by atoms with Gasteiger partial charge in [-0.25, -0.2) is 0 Å². The molecule has 1 amide bonds. The van der Waals surface area contributed by atoms with Crippen LogP contribution in [0.4, 0.5) is 11.4 Å². The second-order valence-electron chi connectivity index (χ2n) is 5.43. The molecule has 1 aromatic carbocycles. The van der Waals surface area contributed by atoms with Crippen LogP contribution in [0.5, 0.6) is 0 Å². The molecule has 2 fully saturated rings. The van der Waals surface area contributed by atoms with Gasteiger partial charge in [-0.05, 0) is 37.0 Å². The van der Waals surface area contributed by atoms with Gasteiger partial charge in [-0.1, -0.05) is 0 Å². The van der Waals surface area contributed by atoms with E-state index in [0.717, 1.165) is 12.8 Å². The van der Waals surface area contributed by atoms with Crippen molar-refractivity contribution in [2.75, 3.05) is 24.6 Å². The van der Waals surface area contributed by atoms with Gasteiger partial charge in [0, 0.05) is 16.9 Å². The molecule has 2 aliphatic rings. The minimum atomic E-state index is -0.651. The van der Waals surface area contributed by atoms with Crippen molar-refractivity contribution >= 4 is 17.3 Å². The van der Waals surface area contributed by atoms with Gasteiger partial charge >= 0.3 is 0 Å². The van der Waals surface area contributed by atoms with Crippen molar-refractivity contribution in [1.29, 1.82) is 0 Å². The lowest BCUT2D eigenvalue weighted by Gasteiger charge is -2.47. The molecule has 1 aliphatic heterocycles. The minimum absolute atomic E-state index is 0.112. The van der Waals surface area contributed by atoms with E-state index in [1.165, 1.54) is 0 Å². The van der Waals surface area contributed by atoms with Gasteiger partial charge in [-0.3, -0.25) is 4.79 Å². The van der Waals surface area contributed by atoms with Crippen LogP contribution in [0.25, 0.3) is 0 Å². The molecule has 0 atom stereocenters. The number of rotatable bonds is 2. The summed E-state index contributed by atoms with van der Waals surface area (Å²) >= 11 is 0. The van der Waals surface area contributed by atoms with Crippen LogP contribution in [0.2, 0.25) is 0 Å². The molecule has 1 saturated carbocycles. The predicted molar refractivity (Wildman–Crippen MR) is 68.8 cm³/mol. The summed E-state index contributed by atoms with van der Waals surface area (Å²) < 4.78 is 0. The second kappa shape index (κ2) is 3.62. The average molecular weight is 247 g/mol. The van der Waals surface area contributed by atoms with Crippen LogP contribution in [0.1, 0.15) is 23.2 Å². The van der Waals surface area contributed by atoms with Crippen molar-refractivity contribution < 1.29 is 9.90 Å². The lowest BCUT2D eigenvalue weighted by atomic mass is 9.88. The third-order valence-electron chi connectivity index (χ3n) is 3.78. The summed E-state index contributed by atoms with van der Waals surface area (Å²) in [6, 6.07) is 4.85. The number of nitrogens with zero attached hydrogens (tertiary/aromatic N) is 1. The van der Waals surface area contributed by atoms with Gasteiger partial charge in [0.2, 0.25) is 0 Å². The number of nitrogen functional groups attached to an aromatic ring is 2. The molecule has 1 saturated heterocycles. The normalized spacial score (nSPS) is 21.5. The first kappa shape index (κ1) is 11.3. The van der Waals surface area contributed by atoms with Gasteiger partial charge in [-0.15, -0.1) is 0 Å².